The predicted molar refractivity (Wildman–Crippen MR) is 84.9 cm³/mol. The monoisotopic (exact) mass is 352 g/mol. The maximum Gasteiger partial charge on any atom is 0.416 e. The van der Waals surface area contributed by atoms with E-state index in [2.05, 4.69) is 0 Å². The van der Waals surface area contributed by atoms with Crippen molar-refractivity contribution in [3.8, 4) is 11.5 Å². The highest BCUT2D eigenvalue weighted by molar-refractivity contribution is 5.87. The molecule has 1 N–H and O–H groups in total. The Morgan fingerprint density at radius 1 is 1.20 bits per heavy atom. The molecule has 0 saturated carbocycles. The van der Waals surface area contributed by atoms with Crippen LogP contribution in [-0.4, -0.2) is 18.2 Å². The number of methoxy groups -OCH3 is 1. The summed E-state index contributed by atoms with van der Waals surface area (Å²) in [6.07, 6.45) is -1.87. The highest BCUT2D eigenvalue weighted by Crippen LogP contribution is 2.29. The summed E-state index contributed by atoms with van der Waals surface area (Å²) >= 11 is 0. The smallest absolute Gasteiger partial charge is 0.416 e. The first kappa shape index (κ1) is 18.4. The van der Waals surface area contributed by atoms with Gasteiger partial charge in [0.1, 0.15) is 6.61 Å². The van der Waals surface area contributed by atoms with Crippen LogP contribution in [0.5, 0.6) is 11.5 Å². The van der Waals surface area contributed by atoms with Crippen molar-refractivity contribution in [2.45, 2.75) is 12.8 Å². The zero-order valence-corrected chi connectivity index (χ0v) is 13.2. The van der Waals surface area contributed by atoms with E-state index in [1.54, 1.807) is 6.07 Å². The second-order valence-corrected chi connectivity index (χ2v) is 5.07. The number of hydrogen-bond donors (Lipinski definition) is 1. The number of hydrogen-bond acceptors (Lipinski definition) is 4. The van der Waals surface area contributed by atoms with Crippen molar-refractivity contribution in [1.29, 1.82) is 0 Å². The van der Waals surface area contributed by atoms with Crippen LogP contribution >= 0.6 is 0 Å². The largest absolute Gasteiger partial charge is 0.504 e. The summed E-state index contributed by atoms with van der Waals surface area (Å²) in [4.78, 5) is 11.7. The molecule has 0 aliphatic carbocycles. The number of carbonyl (C=O) groups excluding carboxylic acids is 1. The SMILES string of the molecule is COc1cc(C=CC(=O)OCc2cccc(C(F)(F)F)c2)ccc1O. The van der Waals surface area contributed by atoms with Gasteiger partial charge in [0.15, 0.2) is 11.5 Å². The van der Waals surface area contributed by atoms with E-state index < -0.39 is 17.7 Å². The minimum Gasteiger partial charge on any atom is -0.504 e. The third-order valence-corrected chi connectivity index (χ3v) is 3.25. The van der Waals surface area contributed by atoms with Crippen LogP contribution in [0.1, 0.15) is 16.7 Å². The Morgan fingerprint density at radius 3 is 2.64 bits per heavy atom. The quantitative estimate of drug-likeness (QED) is 0.648. The number of aromatic hydroxyl groups is 1. The average Bonchev–Trinajstić information content (AvgIpc) is 2.58. The van der Waals surface area contributed by atoms with Crippen LogP contribution in [0, 0.1) is 0 Å². The standard InChI is InChI=1S/C18H15F3O4/c1-24-16-10-12(5-7-15(16)22)6-8-17(23)25-11-13-3-2-4-14(9-13)18(19,20)21/h2-10,22H,11H2,1H3. The summed E-state index contributed by atoms with van der Waals surface area (Å²) in [5, 5.41) is 9.48. The maximum atomic E-state index is 12.6. The maximum absolute atomic E-state index is 12.6. The van der Waals surface area contributed by atoms with Crippen LogP contribution in [0.4, 0.5) is 13.2 Å². The summed E-state index contributed by atoms with van der Waals surface area (Å²) < 4.78 is 47.7. The number of halogens is 3. The van der Waals surface area contributed by atoms with E-state index in [1.165, 1.54) is 37.5 Å². The normalized spacial score (nSPS) is 11.5. The van der Waals surface area contributed by atoms with E-state index in [0.29, 0.717) is 5.56 Å². The van der Waals surface area contributed by atoms with Crippen molar-refractivity contribution in [3.05, 3.63) is 65.2 Å². The van der Waals surface area contributed by atoms with Crippen LogP contribution in [-0.2, 0) is 22.3 Å². The Bertz CT molecular complexity index is 782. The summed E-state index contributed by atoms with van der Waals surface area (Å²) in [6, 6.07) is 9.07. The predicted octanol–water partition coefficient (Wildman–Crippen LogP) is 4.18. The van der Waals surface area contributed by atoms with E-state index in [4.69, 9.17) is 9.47 Å². The first-order valence-corrected chi connectivity index (χ1v) is 7.17. The molecule has 0 unspecified atom stereocenters. The number of phenols is 1. The first-order chi connectivity index (χ1) is 11.8. The second kappa shape index (κ2) is 7.74. The van der Waals surface area contributed by atoms with Gasteiger partial charge in [-0.3, -0.25) is 0 Å². The molecule has 0 aliphatic rings. The van der Waals surface area contributed by atoms with Gasteiger partial charge in [-0.1, -0.05) is 18.2 Å². The van der Waals surface area contributed by atoms with Gasteiger partial charge in [0.25, 0.3) is 0 Å². The van der Waals surface area contributed by atoms with Crippen molar-refractivity contribution < 1.29 is 32.5 Å². The molecule has 0 radical (unpaired) electrons. The lowest BCUT2D eigenvalue weighted by atomic mass is 10.1. The molecule has 0 spiro atoms. The van der Waals surface area contributed by atoms with Crippen LogP contribution < -0.4 is 4.74 Å². The van der Waals surface area contributed by atoms with Crippen molar-refractivity contribution in [1.82, 2.24) is 0 Å². The Balaban J connectivity index is 1.97. The summed E-state index contributed by atoms with van der Waals surface area (Å²) in [5.41, 5.74) is 0.0290. The molecule has 0 bridgehead atoms. The molecule has 132 valence electrons. The lowest BCUT2D eigenvalue weighted by Crippen LogP contribution is -2.06. The number of phenolic OH excluding ortho intramolecular Hbond substituents is 1. The Kier molecular flexibility index (Phi) is 5.69. The van der Waals surface area contributed by atoms with Gasteiger partial charge in [-0.15, -0.1) is 0 Å². The fourth-order valence-corrected chi connectivity index (χ4v) is 2.00. The van der Waals surface area contributed by atoms with Gasteiger partial charge in [-0.25, -0.2) is 4.79 Å². The topological polar surface area (TPSA) is 55.8 Å². The highest BCUT2D eigenvalue weighted by Gasteiger charge is 2.30. The van der Waals surface area contributed by atoms with Gasteiger partial charge < -0.3 is 14.6 Å². The summed E-state index contributed by atoms with van der Waals surface area (Å²) in [6.45, 7) is -0.272. The van der Waals surface area contributed by atoms with Crippen LogP contribution in [0.2, 0.25) is 0 Å². The minimum absolute atomic E-state index is 0.0354. The van der Waals surface area contributed by atoms with Crippen molar-refractivity contribution in [2.75, 3.05) is 7.11 Å². The molecule has 0 amide bonds. The van der Waals surface area contributed by atoms with E-state index in [0.717, 1.165) is 18.2 Å². The van der Waals surface area contributed by atoms with E-state index in [-0.39, 0.29) is 23.7 Å². The molecule has 2 rings (SSSR count). The van der Waals surface area contributed by atoms with Gasteiger partial charge in [-0.05, 0) is 41.5 Å². The number of benzene rings is 2. The second-order valence-electron chi connectivity index (χ2n) is 5.07. The molecule has 0 aromatic heterocycles. The third kappa shape index (κ3) is 5.27. The molecule has 2 aromatic carbocycles. The van der Waals surface area contributed by atoms with Crippen molar-refractivity contribution >= 4 is 12.0 Å². The lowest BCUT2D eigenvalue weighted by Gasteiger charge is -2.08. The molecular weight excluding hydrogens is 337 g/mol. The molecule has 7 heteroatoms. The fraction of sp³-hybridized carbons (Fsp3) is 0.167. The fourth-order valence-electron chi connectivity index (χ4n) is 2.00. The molecule has 4 nitrogen and oxygen atoms in total. The molecular formula is C18H15F3O4. The van der Waals surface area contributed by atoms with Gasteiger partial charge in [0, 0.05) is 6.08 Å². The highest BCUT2D eigenvalue weighted by atomic mass is 19.4. The Morgan fingerprint density at radius 2 is 1.96 bits per heavy atom. The molecule has 0 fully saturated rings. The van der Waals surface area contributed by atoms with Gasteiger partial charge in [0.05, 0.1) is 12.7 Å². The third-order valence-electron chi connectivity index (χ3n) is 3.25. The van der Waals surface area contributed by atoms with E-state index in [9.17, 15) is 23.1 Å². The lowest BCUT2D eigenvalue weighted by molar-refractivity contribution is -0.138. The molecule has 0 saturated heterocycles. The average molecular weight is 352 g/mol. The van der Waals surface area contributed by atoms with Gasteiger partial charge >= 0.3 is 12.1 Å². The summed E-state index contributed by atoms with van der Waals surface area (Å²) in [7, 11) is 1.39. The number of alkyl halides is 3. The summed E-state index contributed by atoms with van der Waals surface area (Å²) in [5.74, 6) is -0.490. The Labute approximate surface area is 142 Å². The molecule has 0 aliphatic heterocycles. The number of ether oxygens (including phenoxy) is 2. The van der Waals surface area contributed by atoms with Gasteiger partial charge in [-0.2, -0.15) is 13.2 Å². The minimum atomic E-state index is -4.45. The Hall–Kier alpha value is -2.96. The van der Waals surface area contributed by atoms with Crippen molar-refractivity contribution in [3.63, 3.8) is 0 Å². The molecule has 25 heavy (non-hydrogen) atoms. The van der Waals surface area contributed by atoms with Gasteiger partial charge in [0.2, 0.25) is 0 Å². The molecule has 0 atom stereocenters. The first-order valence-electron chi connectivity index (χ1n) is 7.17. The number of esters is 1. The van der Waals surface area contributed by atoms with Crippen LogP contribution in [0.25, 0.3) is 6.08 Å². The zero-order chi connectivity index (χ0) is 18.4. The number of rotatable bonds is 5. The van der Waals surface area contributed by atoms with E-state index in [1.807, 2.05) is 0 Å². The zero-order valence-electron chi connectivity index (χ0n) is 13.2. The van der Waals surface area contributed by atoms with E-state index >= 15 is 0 Å². The van der Waals surface area contributed by atoms with Crippen LogP contribution in [0.3, 0.4) is 0 Å². The number of carbonyl (C=O) groups is 1. The van der Waals surface area contributed by atoms with Crippen molar-refractivity contribution in [2.24, 2.45) is 0 Å². The molecule has 2 aromatic rings. The van der Waals surface area contributed by atoms with Crippen LogP contribution in [0.15, 0.2) is 48.5 Å². The molecule has 0 heterocycles.